The van der Waals surface area contributed by atoms with Crippen molar-refractivity contribution >= 4 is 17.9 Å². The van der Waals surface area contributed by atoms with Gasteiger partial charge in [-0.3, -0.25) is 19.8 Å². The highest BCUT2D eigenvalue weighted by atomic mass is 16.5. The van der Waals surface area contributed by atoms with Crippen molar-refractivity contribution < 1.29 is 23.9 Å². The van der Waals surface area contributed by atoms with Gasteiger partial charge in [0.15, 0.2) is 0 Å². The molecular formula is C12H23N3O5. The number of hydrogen-bond donors (Lipinski definition) is 2. The molecule has 3 amide bonds. The van der Waals surface area contributed by atoms with Crippen molar-refractivity contribution in [2.24, 2.45) is 0 Å². The molecule has 8 nitrogen and oxygen atoms in total. The molecule has 0 heterocycles. The van der Waals surface area contributed by atoms with Crippen molar-refractivity contribution in [1.82, 2.24) is 15.5 Å². The summed E-state index contributed by atoms with van der Waals surface area (Å²) in [7, 11) is 3.20. The van der Waals surface area contributed by atoms with Gasteiger partial charge in [-0.1, -0.05) is 0 Å². The number of rotatable bonds is 9. The van der Waals surface area contributed by atoms with Gasteiger partial charge in [0.1, 0.15) is 0 Å². The van der Waals surface area contributed by atoms with Crippen LogP contribution in [0.4, 0.5) is 4.79 Å². The molecule has 0 saturated carbocycles. The lowest BCUT2D eigenvalue weighted by Crippen LogP contribution is -2.44. The highest BCUT2D eigenvalue weighted by Crippen LogP contribution is 1.91. The molecule has 0 saturated heterocycles. The zero-order chi connectivity index (χ0) is 15.4. The maximum atomic E-state index is 11.5. The molecular weight excluding hydrogens is 266 g/mol. The number of esters is 1. The largest absolute Gasteiger partial charge is 0.466 e. The lowest BCUT2D eigenvalue weighted by molar-refractivity contribution is -0.143. The van der Waals surface area contributed by atoms with E-state index in [0.29, 0.717) is 26.3 Å². The van der Waals surface area contributed by atoms with Crippen LogP contribution in [0.1, 0.15) is 13.3 Å². The molecule has 2 N–H and O–H groups in total. The second-order valence-corrected chi connectivity index (χ2v) is 4.09. The topological polar surface area (TPSA) is 97.0 Å². The highest BCUT2D eigenvalue weighted by Gasteiger charge is 2.11. The van der Waals surface area contributed by atoms with Gasteiger partial charge in [0, 0.05) is 20.2 Å². The van der Waals surface area contributed by atoms with Crippen LogP contribution in [0.15, 0.2) is 0 Å². The van der Waals surface area contributed by atoms with Crippen molar-refractivity contribution in [2.45, 2.75) is 13.3 Å². The Morgan fingerprint density at radius 2 is 1.95 bits per heavy atom. The van der Waals surface area contributed by atoms with Gasteiger partial charge in [-0.25, -0.2) is 4.79 Å². The van der Waals surface area contributed by atoms with Crippen molar-refractivity contribution in [3.05, 3.63) is 0 Å². The average molecular weight is 289 g/mol. The quantitative estimate of drug-likeness (QED) is 0.432. The molecule has 0 aliphatic rings. The Balaban J connectivity index is 3.78. The highest BCUT2D eigenvalue weighted by molar-refractivity contribution is 5.95. The summed E-state index contributed by atoms with van der Waals surface area (Å²) in [6, 6.07) is -0.564. The Labute approximate surface area is 118 Å². The SMILES string of the molecule is CCOC(=O)CCN(C)CC(=O)NC(=O)NCCOC. The van der Waals surface area contributed by atoms with Crippen molar-refractivity contribution in [2.75, 3.05) is 47.0 Å². The van der Waals surface area contributed by atoms with E-state index in [1.54, 1.807) is 18.9 Å². The summed E-state index contributed by atoms with van der Waals surface area (Å²) in [6.45, 7) is 3.19. The second kappa shape index (κ2) is 11.2. The molecule has 20 heavy (non-hydrogen) atoms. The molecule has 0 aromatic carbocycles. The summed E-state index contributed by atoms with van der Waals surface area (Å²) < 4.78 is 9.53. The van der Waals surface area contributed by atoms with E-state index in [-0.39, 0.29) is 18.9 Å². The Hall–Kier alpha value is -1.67. The van der Waals surface area contributed by atoms with E-state index < -0.39 is 11.9 Å². The van der Waals surface area contributed by atoms with Crippen LogP contribution < -0.4 is 10.6 Å². The van der Waals surface area contributed by atoms with Crippen LogP contribution in [0.25, 0.3) is 0 Å². The maximum Gasteiger partial charge on any atom is 0.321 e. The van der Waals surface area contributed by atoms with Gasteiger partial charge in [0.2, 0.25) is 5.91 Å². The lowest BCUT2D eigenvalue weighted by atomic mass is 10.4. The van der Waals surface area contributed by atoms with Crippen molar-refractivity contribution in [3.63, 3.8) is 0 Å². The van der Waals surface area contributed by atoms with E-state index in [1.807, 2.05) is 0 Å². The van der Waals surface area contributed by atoms with Gasteiger partial charge < -0.3 is 14.8 Å². The van der Waals surface area contributed by atoms with Crippen LogP contribution >= 0.6 is 0 Å². The summed E-state index contributed by atoms with van der Waals surface area (Å²) in [5.41, 5.74) is 0. The molecule has 0 unspecified atom stereocenters. The van der Waals surface area contributed by atoms with E-state index in [0.717, 1.165) is 0 Å². The minimum absolute atomic E-state index is 0.0249. The van der Waals surface area contributed by atoms with E-state index in [9.17, 15) is 14.4 Å². The zero-order valence-electron chi connectivity index (χ0n) is 12.2. The zero-order valence-corrected chi connectivity index (χ0v) is 12.2. The van der Waals surface area contributed by atoms with Crippen molar-refractivity contribution in [3.8, 4) is 0 Å². The third-order valence-corrected chi connectivity index (χ3v) is 2.26. The van der Waals surface area contributed by atoms with Crippen LogP contribution in [-0.2, 0) is 19.1 Å². The minimum atomic E-state index is -0.564. The standard InChI is InChI=1S/C12H23N3O5/c1-4-20-11(17)5-7-15(2)9-10(16)14-12(18)13-6-8-19-3/h4-9H2,1-3H3,(H2,13,14,16,18). The van der Waals surface area contributed by atoms with E-state index in [4.69, 9.17) is 9.47 Å². The average Bonchev–Trinajstić information content (AvgIpc) is 2.36. The number of carbonyl (C=O) groups excluding carboxylic acids is 3. The molecule has 0 aromatic heterocycles. The summed E-state index contributed by atoms with van der Waals surface area (Å²) >= 11 is 0. The molecule has 0 bridgehead atoms. The Bertz CT molecular complexity index is 322. The predicted octanol–water partition coefficient (Wildman–Crippen LogP) is -0.656. The first kappa shape index (κ1) is 18.3. The number of methoxy groups -OCH3 is 1. The van der Waals surface area contributed by atoms with E-state index >= 15 is 0 Å². The van der Waals surface area contributed by atoms with Gasteiger partial charge in [-0.15, -0.1) is 0 Å². The molecule has 0 aromatic rings. The molecule has 0 spiro atoms. The second-order valence-electron chi connectivity index (χ2n) is 4.09. The summed E-state index contributed by atoms with van der Waals surface area (Å²) in [5, 5.41) is 4.65. The van der Waals surface area contributed by atoms with Gasteiger partial charge in [0.05, 0.1) is 26.2 Å². The first-order chi connectivity index (χ1) is 9.49. The van der Waals surface area contributed by atoms with E-state index in [1.165, 1.54) is 7.11 Å². The monoisotopic (exact) mass is 289 g/mol. The third-order valence-electron chi connectivity index (χ3n) is 2.26. The number of carbonyl (C=O) groups is 3. The fourth-order valence-corrected chi connectivity index (χ4v) is 1.32. The van der Waals surface area contributed by atoms with Crippen molar-refractivity contribution in [1.29, 1.82) is 0 Å². The van der Waals surface area contributed by atoms with Gasteiger partial charge in [-0.2, -0.15) is 0 Å². The lowest BCUT2D eigenvalue weighted by Gasteiger charge is -2.15. The van der Waals surface area contributed by atoms with Gasteiger partial charge >= 0.3 is 12.0 Å². The summed E-state index contributed by atoms with van der Waals surface area (Å²) in [4.78, 5) is 35.5. The number of hydrogen-bond acceptors (Lipinski definition) is 6. The van der Waals surface area contributed by atoms with Crippen LogP contribution in [0.5, 0.6) is 0 Å². The number of amides is 3. The molecule has 0 rings (SSSR count). The van der Waals surface area contributed by atoms with Gasteiger partial charge in [-0.05, 0) is 14.0 Å². The predicted molar refractivity (Wildman–Crippen MR) is 72.2 cm³/mol. The fourth-order valence-electron chi connectivity index (χ4n) is 1.32. The van der Waals surface area contributed by atoms with Crippen LogP contribution in [0, 0.1) is 0 Å². The first-order valence-corrected chi connectivity index (χ1v) is 6.40. The van der Waals surface area contributed by atoms with Gasteiger partial charge in [0.25, 0.3) is 0 Å². The molecule has 0 aliphatic heterocycles. The number of urea groups is 1. The molecule has 0 atom stereocenters. The number of imide groups is 1. The van der Waals surface area contributed by atoms with Crippen LogP contribution in [0.3, 0.4) is 0 Å². The minimum Gasteiger partial charge on any atom is -0.466 e. The third kappa shape index (κ3) is 10.3. The molecule has 0 fully saturated rings. The van der Waals surface area contributed by atoms with Crippen LogP contribution in [0.2, 0.25) is 0 Å². The van der Waals surface area contributed by atoms with E-state index in [2.05, 4.69) is 10.6 Å². The molecule has 0 aliphatic carbocycles. The molecule has 8 heteroatoms. The first-order valence-electron chi connectivity index (χ1n) is 6.40. The number of likely N-dealkylation sites (N-methyl/N-ethyl adjacent to an activating group) is 1. The molecule has 116 valence electrons. The Kier molecular flexibility index (Phi) is 10.2. The Morgan fingerprint density at radius 1 is 1.25 bits per heavy atom. The smallest absolute Gasteiger partial charge is 0.321 e. The summed E-state index contributed by atoms with van der Waals surface area (Å²) in [5.74, 6) is -0.747. The fraction of sp³-hybridized carbons (Fsp3) is 0.750. The summed E-state index contributed by atoms with van der Waals surface area (Å²) in [6.07, 6.45) is 0.206. The Morgan fingerprint density at radius 3 is 2.55 bits per heavy atom. The maximum absolute atomic E-state index is 11.5. The number of nitrogens with one attached hydrogen (secondary N) is 2. The molecule has 0 radical (unpaired) electrons. The normalized spacial score (nSPS) is 10.2. The number of ether oxygens (including phenoxy) is 2. The van der Waals surface area contributed by atoms with Crippen LogP contribution in [-0.4, -0.2) is 69.8 Å². The number of nitrogens with zero attached hydrogens (tertiary/aromatic N) is 1.